The fourth-order valence-corrected chi connectivity index (χ4v) is 2.33. The summed E-state index contributed by atoms with van der Waals surface area (Å²) in [6.07, 6.45) is 0. The maximum absolute atomic E-state index is 13.4. The van der Waals surface area contributed by atoms with Gasteiger partial charge in [-0.05, 0) is 36.4 Å². The van der Waals surface area contributed by atoms with E-state index >= 15 is 0 Å². The number of ether oxygens (including phenoxy) is 2. The van der Waals surface area contributed by atoms with Gasteiger partial charge in [-0.2, -0.15) is 0 Å². The number of benzene rings is 3. The molecule has 0 aromatic heterocycles. The second-order valence-electron chi connectivity index (χ2n) is 5.57. The third kappa shape index (κ3) is 5.47. The Morgan fingerprint density at radius 2 is 1.52 bits per heavy atom. The first-order valence-electron chi connectivity index (χ1n) is 8.46. The van der Waals surface area contributed by atoms with E-state index in [0.29, 0.717) is 17.2 Å². The number of nitrogens with one attached hydrogen (secondary N) is 2. The first-order valence-corrected chi connectivity index (χ1v) is 8.46. The highest BCUT2D eigenvalue weighted by Gasteiger charge is 2.08. The Morgan fingerprint density at radius 3 is 2.30 bits per heavy atom. The lowest BCUT2D eigenvalue weighted by atomic mass is 10.3. The highest BCUT2D eigenvalue weighted by molar-refractivity contribution is 5.90. The highest BCUT2D eigenvalue weighted by Crippen LogP contribution is 2.28. The zero-order chi connectivity index (χ0) is 18.9. The summed E-state index contributed by atoms with van der Waals surface area (Å²) >= 11 is 0. The third-order valence-electron chi connectivity index (χ3n) is 3.59. The number of halogens is 1. The van der Waals surface area contributed by atoms with Crippen molar-refractivity contribution in [3.8, 4) is 17.2 Å². The number of hydrogen-bond donors (Lipinski definition) is 2. The van der Waals surface area contributed by atoms with Gasteiger partial charge in [0.05, 0.1) is 12.2 Å². The van der Waals surface area contributed by atoms with Crippen LogP contribution in [0.4, 0.5) is 14.9 Å². The number of carbonyl (C=O) groups excluding carboxylic acids is 1. The fourth-order valence-electron chi connectivity index (χ4n) is 2.33. The van der Waals surface area contributed by atoms with Crippen molar-refractivity contribution in [1.29, 1.82) is 0 Å². The molecule has 138 valence electrons. The van der Waals surface area contributed by atoms with E-state index in [9.17, 15) is 9.18 Å². The molecule has 3 aromatic carbocycles. The van der Waals surface area contributed by atoms with E-state index in [4.69, 9.17) is 9.47 Å². The van der Waals surface area contributed by atoms with E-state index in [2.05, 4.69) is 10.6 Å². The van der Waals surface area contributed by atoms with Crippen molar-refractivity contribution in [3.63, 3.8) is 0 Å². The topological polar surface area (TPSA) is 59.6 Å². The molecule has 27 heavy (non-hydrogen) atoms. The number of amides is 2. The van der Waals surface area contributed by atoms with Crippen molar-refractivity contribution < 1.29 is 18.7 Å². The number of hydrogen-bond acceptors (Lipinski definition) is 3. The molecule has 3 aromatic rings. The van der Waals surface area contributed by atoms with Crippen LogP contribution >= 0.6 is 0 Å². The summed E-state index contributed by atoms with van der Waals surface area (Å²) < 4.78 is 24.5. The maximum Gasteiger partial charge on any atom is 0.319 e. The van der Waals surface area contributed by atoms with Crippen LogP contribution in [0.3, 0.4) is 0 Å². The van der Waals surface area contributed by atoms with Crippen LogP contribution in [0, 0.1) is 5.82 Å². The van der Waals surface area contributed by atoms with Crippen LogP contribution in [0.2, 0.25) is 0 Å². The molecule has 5 nitrogen and oxygen atoms in total. The van der Waals surface area contributed by atoms with Gasteiger partial charge in [0.2, 0.25) is 0 Å². The van der Waals surface area contributed by atoms with Crippen molar-refractivity contribution in [1.82, 2.24) is 5.32 Å². The summed E-state index contributed by atoms with van der Waals surface area (Å²) in [6, 6.07) is 22.1. The normalized spacial score (nSPS) is 10.1. The lowest BCUT2D eigenvalue weighted by Gasteiger charge is -2.13. The largest absolute Gasteiger partial charge is 0.489 e. The molecular weight excluding hydrogens is 347 g/mol. The van der Waals surface area contributed by atoms with Gasteiger partial charge in [0.15, 0.2) is 17.3 Å². The van der Waals surface area contributed by atoms with Gasteiger partial charge < -0.3 is 20.1 Å². The molecule has 0 heterocycles. The minimum atomic E-state index is -0.436. The monoisotopic (exact) mass is 366 g/mol. The third-order valence-corrected chi connectivity index (χ3v) is 3.59. The molecule has 0 saturated carbocycles. The van der Waals surface area contributed by atoms with Crippen LogP contribution < -0.4 is 20.1 Å². The van der Waals surface area contributed by atoms with Gasteiger partial charge in [-0.15, -0.1) is 0 Å². The SMILES string of the molecule is O=C(NCCOc1ccccc1F)Nc1ccccc1Oc1ccccc1. The molecule has 0 fully saturated rings. The molecule has 0 radical (unpaired) electrons. The molecule has 0 atom stereocenters. The van der Waals surface area contributed by atoms with Crippen molar-refractivity contribution in [2.75, 3.05) is 18.5 Å². The molecule has 0 spiro atoms. The molecule has 0 aliphatic carbocycles. The smallest absolute Gasteiger partial charge is 0.319 e. The highest BCUT2D eigenvalue weighted by atomic mass is 19.1. The van der Waals surface area contributed by atoms with E-state index in [1.165, 1.54) is 12.1 Å². The van der Waals surface area contributed by atoms with E-state index in [0.717, 1.165) is 0 Å². The molecule has 0 aliphatic rings. The quantitative estimate of drug-likeness (QED) is 0.590. The van der Waals surface area contributed by atoms with Gasteiger partial charge in [0, 0.05) is 0 Å². The number of anilines is 1. The molecule has 3 rings (SSSR count). The predicted octanol–water partition coefficient (Wildman–Crippen LogP) is 4.82. The van der Waals surface area contributed by atoms with Gasteiger partial charge in [-0.3, -0.25) is 0 Å². The first-order chi connectivity index (χ1) is 13.2. The van der Waals surface area contributed by atoms with E-state index in [-0.39, 0.29) is 18.9 Å². The van der Waals surface area contributed by atoms with Gasteiger partial charge in [0.1, 0.15) is 12.4 Å². The van der Waals surface area contributed by atoms with Crippen LogP contribution in [0.25, 0.3) is 0 Å². The Morgan fingerprint density at radius 1 is 0.852 bits per heavy atom. The Hall–Kier alpha value is -3.54. The van der Waals surface area contributed by atoms with Crippen LogP contribution in [0.15, 0.2) is 78.9 Å². The summed E-state index contributed by atoms with van der Waals surface area (Å²) in [4.78, 5) is 12.1. The molecular formula is C21H19FN2O3. The van der Waals surface area contributed by atoms with Crippen molar-refractivity contribution in [3.05, 3.63) is 84.7 Å². The van der Waals surface area contributed by atoms with Gasteiger partial charge in [-0.1, -0.05) is 42.5 Å². The molecule has 0 unspecified atom stereocenters. The Labute approximate surface area is 156 Å². The minimum absolute atomic E-state index is 0.149. The van der Waals surface area contributed by atoms with Gasteiger partial charge in [-0.25, -0.2) is 9.18 Å². The Bertz CT molecular complexity index is 887. The Balaban J connectivity index is 1.50. The van der Waals surface area contributed by atoms with Crippen molar-refractivity contribution in [2.24, 2.45) is 0 Å². The second kappa shape index (κ2) is 9.24. The van der Waals surface area contributed by atoms with Crippen molar-refractivity contribution >= 4 is 11.7 Å². The van der Waals surface area contributed by atoms with Crippen LogP contribution in [0.1, 0.15) is 0 Å². The van der Waals surface area contributed by atoms with E-state index in [1.54, 1.807) is 30.3 Å². The van der Waals surface area contributed by atoms with E-state index in [1.807, 2.05) is 36.4 Å². The zero-order valence-corrected chi connectivity index (χ0v) is 14.5. The lowest BCUT2D eigenvalue weighted by molar-refractivity contribution is 0.246. The molecule has 0 bridgehead atoms. The second-order valence-corrected chi connectivity index (χ2v) is 5.57. The maximum atomic E-state index is 13.4. The summed E-state index contributed by atoms with van der Waals surface area (Å²) in [5.41, 5.74) is 0.536. The molecule has 2 amide bonds. The number of urea groups is 1. The number of carbonyl (C=O) groups is 1. The van der Waals surface area contributed by atoms with Crippen LogP contribution in [0.5, 0.6) is 17.2 Å². The lowest BCUT2D eigenvalue weighted by Crippen LogP contribution is -2.32. The summed E-state index contributed by atoms with van der Waals surface area (Å²) in [5.74, 6) is 0.919. The van der Waals surface area contributed by atoms with Gasteiger partial charge in [0.25, 0.3) is 0 Å². The molecule has 0 aliphatic heterocycles. The average molecular weight is 366 g/mol. The number of para-hydroxylation sites is 4. The summed E-state index contributed by atoms with van der Waals surface area (Å²) in [6.45, 7) is 0.373. The molecule has 6 heteroatoms. The Kier molecular flexibility index (Phi) is 6.25. The van der Waals surface area contributed by atoms with Crippen LogP contribution in [-0.2, 0) is 0 Å². The summed E-state index contributed by atoms with van der Waals surface area (Å²) in [7, 11) is 0. The molecule has 0 saturated heterocycles. The predicted molar refractivity (Wildman–Crippen MR) is 102 cm³/mol. The first kappa shape index (κ1) is 18.3. The average Bonchev–Trinajstić information content (AvgIpc) is 2.69. The van der Waals surface area contributed by atoms with Crippen molar-refractivity contribution in [2.45, 2.75) is 0 Å². The zero-order valence-electron chi connectivity index (χ0n) is 14.5. The summed E-state index contributed by atoms with van der Waals surface area (Å²) in [5, 5.41) is 5.40. The van der Waals surface area contributed by atoms with Crippen LogP contribution in [-0.4, -0.2) is 19.2 Å². The van der Waals surface area contributed by atoms with E-state index < -0.39 is 11.8 Å². The molecule has 2 N–H and O–H groups in total. The minimum Gasteiger partial charge on any atom is -0.489 e. The fraction of sp³-hybridized carbons (Fsp3) is 0.0952. The van der Waals surface area contributed by atoms with Gasteiger partial charge >= 0.3 is 6.03 Å². The number of rotatable bonds is 7. The standard InChI is InChI=1S/C21H19FN2O3/c22-17-10-4-6-12-19(17)26-15-14-23-21(25)24-18-11-5-7-13-20(18)27-16-8-2-1-3-9-16/h1-13H,14-15H2,(H2,23,24,25).